The van der Waals surface area contributed by atoms with Gasteiger partial charge in [-0.3, -0.25) is 58.8 Å². The molecule has 0 unspecified atom stereocenters. The molecule has 99 heavy (non-hydrogen) atoms. The average Bonchev–Trinajstić information content (AvgIpc) is 3.07. The summed E-state index contributed by atoms with van der Waals surface area (Å²) in [5.74, 6) is -2.39. The molecule has 0 spiro atoms. The number of tetrazole rings is 6. The SMILES string of the molecule is O=C(/C=C/c1ccccc1)N=c1[n-]nn[nH]1.O=C(/C=C/c1ccccc1)N=c1[n-]nn[nH]1.O=C(/C=C/c1ccccc1)N=c1[n-]nn[nH]1.O=C(/C=C/c1ccccc1)N=c1[n-]nn[nH]1.O=C(/C=C/c1ccccc1)N=c1[n-]nn[nH]1.O=C(/C=C/c1ccccc1)[N-]c1nnn[nH]1.[Cd+2].[Cd+2].[Cd+2]. The van der Waals surface area contributed by atoms with Gasteiger partial charge in [-0.25, -0.2) is 51.6 Å². The molecule has 6 aromatic heterocycles. The van der Waals surface area contributed by atoms with Gasteiger partial charge in [-0.1, -0.05) is 218 Å². The number of nitrogens with one attached hydrogen (secondary N) is 6. The Morgan fingerprint density at radius 3 is 0.687 bits per heavy atom. The van der Waals surface area contributed by atoms with Crippen molar-refractivity contribution in [1.29, 1.82) is 0 Å². The van der Waals surface area contributed by atoms with E-state index in [-0.39, 0.29) is 116 Å². The normalized spacial score (nSPS) is 11.5. The molecule has 6 amide bonds. The fourth-order valence-corrected chi connectivity index (χ4v) is 6.45. The first kappa shape index (κ1) is 79.2. The predicted octanol–water partition coefficient (Wildman–Crippen LogP) is 0.950. The van der Waals surface area contributed by atoms with Gasteiger partial charge < -0.3 is 35.9 Å². The summed E-state index contributed by atoms with van der Waals surface area (Å²) < 4.78 is 0. The van der Waals surface area contributed by atoms with Crippen molar-refractivity contribution >= 4 is 77.8 Å². The summed E-state index contributed by atoms with van der Waals surface area (Å²) in [7, 11) is 0. The topological polar surface area (TPSA) is 511 Å². The van der Waals surface area contributed by atoms with Gasteiger partial charge in [0.25, 0.3) is 0 Å². The van der Waals surface area contributed by atoms with Gasteiger partial charge in [-0.15, -0.1) is 36.5 Å². The molecule has 0 fully saturated rings. The summed E-state index contributed by atoms with van der Waals surface area (Å²) in [6.07, 6.45) is 18.2. The minimum Gasteiger partial charge on any atom is -0.345 e. The third-order valence-corrected chi connectivity index (χ3v) is 10.6. The zero-order valence-electron chi connectivity index (χ0n) is 51.6. The van der Waals surface area contributed by atoms with Crippen LogP contribution in [0.25, 0.3) is 41.8 Å². The van der Waals surface area contributed by atoms with E-state index in [1.54, 1.807) is 36.5 Å². The monoisotopic (exact) mass is 1630 g/mol. The maximum atomic E-state index is 11.3. The molecule has 6 aromatic carbocycles. The molecule has 0 aliphatic carbocycles. The number of H-pyrrole nitrogens is 6. The van der Waals surface area contributed by atoms with Gasteiger partial charge in [0.2, 0.25) is 35.4 Å². The van der Waals surface area contributed by atoms with Crippen molar-refractivity contribution in [2.24, 2.45) is 25.0 Å². The zero-order valence-corrected chi connectivity index (χ0v) is 63.7. The largest absolute Gasteiger partial charge is 2.00 e. The molecule has 0 aliphatic heterocycles. The summed E-state index contributed by atoms with van der Waals surface area (Å²) >= 11 is 0. The molecule has 39 heteroatoms. The van der Waals surface area contributed by atoms with Crippen LogP contribution in [0.4, 0.5) is 5.95 Å². The Hall–Kier alpha value is -12.2. The molecular formula is C60H48Cd3N30O6. The predicted molar refractivity (Wildman–Crippen MR) is 336 cm³/mol. The Kier molecular flexibility index (Phi) is 38.1. The van der Waals surface area contributed by atoms with Gasteiger partial charge in [0, 0.05) is 0 Å². The van der Waals surface area contributed by atoms with Crippen molar-refractivity contribution in [3.05, 3.63) is 285 Å². The second kappa shape index (κ2) is 47.6. The van der Waals surface area contributed by atoms with Crippen LogP contribution in [0.3, 0.4) is 0 Å². The zero-order chi connectivity index (χ0) is 67.3. The Labute approximate surface area is 617 Å². The number of aromatic nitrogens is 24. The fraction of sp³-hybridized carbons (Fsp3) is 0. The van der Waals surface area contributed by atoms with E-state index in [4.69, 9.17) is 0 Å². The molecule has 0 saturated carbocycles. The van der Waals surface area contributed by atoms with E-state index in [0.29, 0.717) is 0 Å². The molecule has 12 aromatic rings. The average molecular weight is 1620 g/mol. The summed E-state index contributed by atoms with van der Waals surface area (Å²) in [5, 5.41) is 78.3. The van der Waals surface area contributed by atoms with E-state index in [1.165, 1.54) is 36.5 Å². The van der Waals surface area contributed by atoms with Crippen LogP contribution >= 0.6 is 0 Å². The quantitative estimate of drug-likeness (QED) is 0.0691. The van der Waals surface area contributed by atoms with Crippen molar-refractivity contribution < 1.29 is 111 Å². The summed E-state index contributed by atoms with van der Waals surface area (Å²) in [6.45, 7) is 0. The molecule has 0 atom stereocenters. The Morgan fingerprint density at radius 1 is 0.293 bits per heavy atom. The Morgan fingerprint density at radius 2 is 0.505 bits per heavy atom. The molecule has 0 saturated heterocycles. The number of benzene rings is 6. The van der Waals surface area contributed by atoms with Gasteiger partial charge in [0.05, 0.1) is 5.95 Å². The van der Waals surface area contributed by atoms with E-state index in [1.807, 2.05) is 182 Å². The van der Waals surface area contributed by atoms with Gasteiger partial charge in [0.15, 0.2) is 0 Å². The van der Waals surface area contributed by atoms with E-state index in [0.717, 1.165) is 33.4 Å². The second-order valence-electron chi connectivity index (χ2n) is 17.5. The second-order valence-corrected chi connectivity index (χ2v) is 17.5. The molecule has 12 rings (SSSR count). The van der Waals surface area contributed by atoms with Gasteiger partial charge in [-0.05, 0) is 69.8 Å². The van der Waals surface area contributed by atoms with Crippen LogP contribution in [0.15, 0.2) is 243 Å². The van der Waals surface area contributed by atoms with Crippen molar-refractivity contribution in [1.82, 2.24) is 124 Å². The molecular weight excluding hydrogens is 1570 g/mol. The van der Waals surface area contributed by atoms with Gasteiger partial charge >= 0.3 is 81.9 Å². The summed E-state index contributed by atoms with van der Waals surface area (Å²) in [5.41, 5.74) is 6.09. The number of hydrogen-bond donors (Lipinski definition) is 6. The first-order valence-corrected chi connectivity index (χ1v) is 27.4. The van der Waals surface area contributed by atoms with Crippen molar-refractivity contribution in [3.63, 3.8) is 0 Å². The van der Waals surface area contributed by atoms with E-state index < -0.39 is 35.4 Å². The third kappa shape index (κ3) is 34.7. The van der Waals surface area contributed by atoms with Crippen molar-refractivity contribution in [2.45, 2.75) is 0 Å². The van der Waals surface area contributed by atoms with Crippen LogP contribution in [-0.2, 0) is 111 Å². The number of amides is 6. The first-order valence-electron chi connectivity index (χ1n) is 27.4. The number of aromatic amines is 6. The van der Waals surface area contributed by atoms with Crippen LogP contribution in [0.1, 0.15) is 33.4 Å². The fourth-order valence-electron chi connectivity index (χ4n) is 6.45. The number of rotatable bonds is 13. The number of nitrogens with zero attached hydrogens (tertiary/aromatic N) is 24. The van der Waals surface area contributed by atoms with Crippen molar-refractivity contribution in [3.8, 4) is 0 Å². The third-order valence-electron chi connectivity index (χ3n) is 10.6. The van der Waals surface area contributed by atoms with Crippen LogP contribution in [0.2, 0.25) is 0 Å². The smallest absolute Gasteiger partial charge is 0.345 e. The molecule has 0 bridgehead atoms. The molecule has 480 valence electrons. The Bertz CT molecular complexity index is 4150. The molecule has 0 radical (unpaired) electrons. The Balaban J connectivity index is 0.000000251. The number of carbonyl (C=O) groups is 6. The maximum absolute atomic E-state index is 11.3. The van der Waals surface area contributed by atoms with Crippen LogP contribution in [-0.4, -0.2) is 134 Å². The van der Waals surface area contributed by atoms with E-state index >= 15 is 0 Å². The molecule has 6 N–H and O–H groups in total. The van der Waals surface area contributed by atoms with Crippen molar-refractivity contribution in [2.75, 3.05) is 0 Å². The molecule has 6 heterocycles. The summed E-state index contributed by atoms with van der Waals surface area (Å²) in [6, 6.07) is 56.8. The molecule has 0 aliphatic rings. The van der Waals surface area contributed by atoms with Gasteiger partial charge in [-0.2, -0.15) is 0 Å². The summed E-state index contributed by atoms with van der Waals surface area (Å²) in [4.78, 5) is 86.0. The number of carbonyl (C=O) groups excluding carboxylic acids is 6. The van der Waals surface area contributed by atoms with Crippen LogP contribution < -0.4 is 53.6 Å². The van der Waals surface area contributed by atoms with E-state index in [9.17, 15) is 28.8 Å². The minimum absolute atomic E-state index is 0. The molecule has 36 nitrogen and oxygen atoms in total. The number of hydrogen-bond acceptors (Lipinski definition) is 19. The van der Waals surface area contributed by atoms with Crippen LogP contribution in [0, 0.1) is 0 Å². The first-order chi connectivity index (χ1) is 47.1. The maximum Gasteiger partial charge on any atom is 2.00 e. The standard InChI is InChI=1S/6C10H9N5O.3Cd/c6*16-9(11-10-12-14-15-13-10)7-6-8-4-2-1-3-5-8;;;/h6*1-7H,(H2,11,12,13,14,15,16);;;/q;;;;;;3*+2/p-6/b6*7-6+;;;. The van der Waals surface area contributed by atoms with E-state index in [2.05, 4.69) is 154 Å². The minimum atomic E-state index is -0.414. The van der Waals surface area contributed by atoms with Crippen LogP contribution in [0.5, 0.6) is 0 Å². The van der Waals surface area contributed by atoms with Gasteiger partial charge in [0.1, 0.15) is 28.1 Å².